The van der Waals surface area contributed by atoms with Gasteiger partial charge in [0.1, 0.15) is 5.78 Å². The number of aliphatic hydroxyl groups excluding tert-OH is 1. The van der Waals surface area contributed by atoms with Gasteiger partial charge in [-0.05, 0) is 92.3 Å². The summed E-state index contributed by atoms with van der Waals surface area (Å²) in [6.45, 7) is 4.81. The number of Topliss-reactive ketones (excluding diaryl/α,β-unsaturated/α-hetero) is 1. The lowest BCUT2D eigenvalue weighted by Gasteiger charge is -2.60. The van der Waals surface area contributed by atoms with Gasteiger partial charge in [0, 0.05) is 18.8 Å². The van der Waals surface area contributed by atoms with Crippen molar-refractivity contribution in [2.45, 2.75) is 90.6 Å². The largest absolute Gasteiger partial charge is 0.481 e. The number of hydrogen-bond donors (Lipinski definition) is 2. The van der Waals surface area contributed by atoms with E-state index >= 15 is 0 Å². The van der Waals surface area contributed by atoms with Gasteiger partial charge in [-0.1, -0.05) is 13.8 Å². The Morgan fingerprint density at radius 1 is 1.07 bits per heavy atom. The molecule has 8 atom stereocenters. The van der Waals surface area contributed by atoms with Crippen LogP contribution in [-0.2, 0) is 9.59 Å². The lowest BCUT2D eigenvalue weighted by atomic mass is 9.44. The highest BCUT2D eigenvalue weighted by molar-refractivity contribution is 5.83. The Balaban J connectivity index is 1.54. The molecule has 4 aliphatic rings. The molecule has 4 heteroatoms. The fraction of sp³-hybridized carbons (Fsp3) is 0.913. The molecule has 0 heterocycles. The maximum absolute atomic E-state index is 13.3. The molecule has 0 aromatic rings. The maximum atomic E-state index is 13.3. The molecule has 0 saturated heterocycles. The summed E-state index contributed by atoms with van der Waals surface area (Å²) in [7, 11) is 0. The van der Waals surface area contributed by atoms with Crippen LogP contribution in [0.4, 0.5) is 0 Å². The quantitative estimate of drug-likeness (QED) is 0.761. The monoisotopic (exact) mass is 376 g/mol. The Hall–Kier alpha value is -0.900. The van der Waals surface area contributed by atoms with Crippen molar-refractivity contribution in [3.63, 3.8) is 0 Å². The Morgan fingerprint density at radius 2 is 1.78 bits per heavy atom. The minimum absolute atomic E-state index is 0.213. The molecule has 4 rings (SSSR count). The van der Waals surface area contributed by atoms with Crippen molar-refractivity contribution in [2.24, 2.45) is 40.4 Å². The van der Waals surface area contributed by atoms with Crippen LogP contribution in [0, 0.1) is 40.4 Å². The van der Waals surface area contributed by atoms with Gasteiger partial charge in [0.25, 0.3) is 0 Å². The first kappa shape index (κ1) is 19.4. The molecule has 8 unspecified atom stereocenters. The molecule has 0 aromatic carbocycles. The lowest BCUT2D eigenvalue weighted by Crippen LogP contribution is -2.57. The molecule has 0 spiro atoms. The predicted octanol–water partition coefficient (Wildman–Crippen LogP) is 4.44. The van der Waals surface area contributed by atoms with Gasteiger partial charge in [0.05, 0.1) is 6.10 Å². The Labute approximate surface area is 163 Å². The van der Waals surface area contributed by atoms with E-state index in [1.54, 1.807) is 0 Å². The van der Waals surface area contributed by atoms with E-state index in [1.165, 1.54) is 6.42 Å². The highest BCUT2D eigenvalue weighted by Gasteiger charge is 2.62. The fourth-order valence-corrected chi connectivity index (χ4v) is 7.99. The van der Waals surface area contributed by atoms with Crippen LogP contribution >= 0.6 is 0 Å². The molecule has 0 amide bonds. The average Bonchev–Trinajstić information content (AvgIpc) is 2.93. The highest BCUT2D eigenvalue weighted by atomic mass is 16.4. The first-order chi connectivity index (χ1) is 12.8. The van der Waals surface area contributed by atoms with Crippen molar-refractivity contribution >= 4 is 11.8 Å². The van der Waals surface area contributed by atoms with Gasteiger partial charge in [-0.3, -0.25) is 9.59 Å². The van der Waals surface area contributed by atoms with Crippen LogP contribution in [0.3, 0.4) is 0 Å². The number of carboxylic acids is 1. The molecule has 0 bridgehead atoms. The summed E-state index contributed by atoms with van der Waals surface area (Å²) >= 11 is 0. The van der Waals surface area contributed by atoms with Gasteiger partial charge in [-0.25, -0.2) is 0 Å². The number of fused-ring (bicyclic) bond motifs is 5. The minimum atomic E-state index is -0.695. The normalized spacial score (nSPS) is 49.2. The number of carboxylic acid groups (broad SMARTS) is 1. The number of carbonyl (C=O) groups is 2. The smallest absolute Gasteiger partial charge is 0.303 e. The van der Waals surface area contributed by atoms with Crippen LogP contribution in [0.2, 0.25) is 0 Å². The molecule has 2 N–H and O–H groups in total. The molecular formula is C23H36O4. The van der Waals surface area contributed by atoms with E-state index in [1.807, 2.05) is 0 Å². The summed E-state index contributed by atoms with van der Waals surface area (Å²) in [6, 6.07) is 0. The second kappa shape index (κ2) is 6.86. The molecule has 4 saturated carbocycles. The lowest BCUT2D eigenvalue weighted by molar-refractivity contribution is -0.160. The van der Waals surface area contributed by atoms with Gasteiger partial charge >= 0.3 is 5.97 Å². The van der Waals surface area contributed by atoms with E-state index in [9.17, 15) is 14.7 Å². The van der Waals surface area contributed by atoms with Crippen LogP contribution in [0.15, 0.2) is 0 Å². The minimum Gasteiger partial charge on any atom is -0.481 e. The van der Waals surface area contributed by atoms with E-state index in [4.69, 9.17) is 5.11 Å². The van der Waals surface area contributed by atoms with Crippen molar-refractivity contribution in [3.8, 4) is 0 Å². The maximum Gasteiger partial charge on any atom is 0.303 e. The zero-order chi connectivity index (χ0) is 19.4. The summed E-state index contributed by atoms with van der Waals surface area (Å²) in [6.07, 6.45) is 9.89. The van der Waals surface area contributed by atoms with E-state index in [2.05, 4.69) is 13.8 Å². The van der Waals surface area contributed by atoms with Gasteiger partial charge in [-0.2, -0.15) is 0 Å². The number of ketones is 1. The third-order valence-electron chi connectivity index (χ3n) is 9.58. The molecule has 0 radical (unpaired) electrons. The Bertz CT molecular complexity index is 615. The molecule has 27 heavy (non-hydrogen) atoms. The van der Waals surface area contributed by atoms with Gasteiger partial charge in [-0.15, -0.1) is 0 Å². The summed E-state index contributed by atoms with van der Waals surface area (Å²) in [4.78, 5) is 24.2. The third-order valence-corrected chi connectivity index (χ3v) is 9.58. The number of rotatable bonds is 4. The van der Waals surface area contributed by atoms with Crippen molar-refractivity contribution in [1.82, 2.24) is 0 Å². The van der Waals surface area contributed by atoms with E-state index in [-0.39, 0.29) is 29.3 Å². The topological polar surface area (TPSA) is 74.6 Å². The molecule has 4 nitrogen and oxygen atoms in total. The Kier molecular flexibility index (Phi) is 4.93. The molecule has 4 aliphatic carbocycles. The van der Waals surface area contributed by atoms with Crippen molar-refractivity contribution in [2.75, 3.05) is 0 Å². The summed E-state index contributed by atoms with van der Waals surface area (Å²) in [5.41, 5.74) is 0.438. The van der Waals surface area contributed by atoms with Gasteiger partial charge < -0.3 is 10.2 Å². The summed E-state index contributed by atoms with van der Waals surface area (Å²) < 4.78 is 0. The Morgan fingerprint density at radius 3 is 2.52 bits per heavy atom. The van der Waals surface area contributed by atoms with Crippen molar-refractivity contribution in [1.29, 1.82) is 0 Å². The van der Waals surface area contributed by atoms with Crippen LogP contribution in [0.1, 0.15) is 84.5 Å². The number of carbonyl (C=O) groups excluding carboxylic acids is 1. The average molecular weight is 377 g/mol. The number of hydrogen-bond acceptors (Lipinski definition) is 3. The predicted molar refractivity (Wildman–Crippen MR) is 103 cm³/mol. The first-order valence-electron chi connectivity index (χ1n) is 11.2. The van der Waals surface area contributed by atoms with Crippen molar-refractivity contribution < 1.29 is 19.8 Å². The fourth-order valence-electron chi connectivity index (χ4n) is 7.99. The van der Waals surface area contributed by atoms with E-state index in [0.29, 0.717) is 35.9 Å². The zero-order valence-corrected chi connectivity index (χ0v) is 17.0. The van der Waals surface area contributed by atoms with Crippen molar-refractivity contribution in [3.05, 3.63) is 0 Å². The SMILES string of the molecule is CC12CCC3C(C(=O)CC4CC(O)CCC43C)C1CCC2CCCC(=O)O. The number of aliphatic hydroxyl groups is 1. The third kappa shape index (κ3) is 3.07. The summed E-state index contributed by atoms with van der Waals surface area (Å²) in [5.74, 6) is 1.92. The first-order valence-corrected chi connectivity index (χ1v) is 11.2. The standard InChI is InChI=1S/C23H36O4/c1-22-11-9-18-21(17(22)7-6-14(22)4-3-5-20(26)27)19(25)13-15-12-16(24)8-10-23(15,18)2/h14-18,21,24H,3-13H2,1-2H3,(H,26,27). The second-order valence-electron chi connectivity index (χ2n) is 10.6. The van der Waals surface area contributed by atoms with Crippen LogP contribution in [-0.4, -0.2) is 28.1 Å². The van der Waals surface area contributed by atoms with E-state index < -0.39 is 5.97 Å². The van der Waals surface area contributed by atoms with Gasteiger partial charge in [0.2, 0.25) is 0 Å². The molecule has 0 aromatic heterocycles. The molecule has 0 aliphatic heterocycles. The number of aliphatic carboxylic acids is 1. The van der Waals surface area contributed by atoms with Crippen LogP contribution in [0.5, 0.6) is 0 Å². The van der Waals surface area contributed by atoms with E-state index in [0.717, 1.165) is 51.4 Å². The molecular weight excluding hydrogens is 340 g/mol. The second-order valence-corrected chi connectivity index (χ2v) is 10.6. The molecule has 4 fully saturated rings. The van der Waals surface area contributed by atoms with Crippen LogP contribution < -0.4 is 0 Å². The zero-order valence-electron chi connectivity index (χ0n) is 17.0. The molecule has 152 valence electrons. The summed E-state index contributed by atoms with van der Waals surface area (Å²) in [5, 5.41) is 19.1. The van der Waals surface area contributed by atoms with Gasteiger partial charge in [0.15, 0.2) is 0 Å². The highest BCUT2D eigenvalue weighted by Crippen LogP contribution is 2.67. The van der Waals surface area contributed by atoms with Crippen LogP contribution in [0.25, 0.3) is 0 Å².